The van der Waals surface area contributed by atoms with Crippen LogP contribution in [0.1, 0.15) is 34.2 Å². The minimum atomic E-state index is -0.846. The van der Waals surface area contributed by atoms with Crippen LogP contribution < -0.4 is 11.4 Å². The fourth-order valence-electron chi connectivity index (χ4n) is 3.34. The fourth-order valence-corrected chi connectivity index (χ4v) is 3.47. The second kappa shape index (κ2) is 8.19. The van der Waals surface area contributed by atoms with Crippen LogP contribution in [0.3, 0.4) is 0 Å². The molecule has 4 aromatic rings. The number of primary amides is 1. The standard InChI is InChI=1S/C21H18ClN5O4/c1-2-9-26-20-17(16(18(23)29)24-19(25-20)15-4-3-10-31-15)27(21(26)30)11-14(28)12-5-7-13(22)8-6-12/h3-8,10H,2,9,11H2,1H3,(H2,23,29). The third-order valence-electron chi connectivity index (χ3n) is 4.74. The van der Waals surface area contributed by atoms with Crippen molar-refractivity contribution >= 4 is 34.5 Å². The van der Waals surface area contributed by atoms with Gasteiger partial charge in [0.1, 0.15) is 5.52 Å². The van der Waals surface area contributed by atoms with Crippen molar-refractivity contribution in [2.75, 3.05) is 0 Å². The van der Waals surface area contributed by atoms with Crippen molar-refractivity contribution in [1.29, 1.82) is 0 Å². The molecule has 0 unspecified atom stereocenters. The molecule has 1 aromatic carbocycles. The molecule has 0 spiro atoms. The Morgan fingerprint density at radius 2 is 1.87 bits per heavy atom. The van der Waals surface area contributed by atoms with E-state index in [0.717, 1.165) is 0 Å². The molecule has 3 heterocycles. The Morgan fingerprint density at radius 1 is 1.13 bits per heavy atom. The Morgan fingerprint density at radius 3 is 2.48 bits per heavy atom. The van der Waals surface area contributed by atoms with Crippen molar-refractivity contribution in [1.82, 2.24) is 19.1 Å². The molecule has 0 fully saturated rings. The van der Waals surface area contributed by atoms with E-state index in [1.807, 2.05) is 6.92 Å². The van der Waals surface area contributed by atoms with Crippen LogP contribution in [0.2, 0.25) is 5.02 Å². The summed E-state index contributed by atoms with van der Waals surface area (Å²) in [6, 6.07) is 9.61. The number of rotatable bonds is 7. The van der Waals surface area contributed by atoms with E-state index in [4.69, 9.17) is 21.8 Å². The predicted molar refractivity (Wildman–Crippen MR) is 114 cm³/mol. The monoisotopic (exact) mass is 439 g/mol. The first-order valence-corrected chi connectivity index (χ1v) is 9.92. The molecule has 4 rings (SSSR count). The van der Waals surface area contributed by atoms with Gasteiger partial charge in [-0.2, -0.15) is 0 Å². The van der Waals surface area contributed by atoms with Gasteiger partial charge < -0.3 is 10.2 Å². The average molecular weight is 440 g/mol. The van der Waals surface area contributed by atoms with E-state index < -0.39 is 11.6 Å². The van der Waals surface area contributed by atoms with E-state index in [1.165, 1.54) is 15.4 Å². The number of nitrogens with two attached hydrogens (primary N) is 1. The molecule has 0 bridgehead atoms. The van der Waals surface area contributed by atoms with Crippen molar-refractivity contribution < 1.29 is 14.0 Å². The number of halogens is 1. The lowest BCUT2D eigenvalue weighted by atomic mass is 10.1. The molecule has 0 aliphatic carbocycles. The lowest BCUT2D eigenvalue weighted by molar-refractivity contribution is 0.0966. The van der Waals surface area contributed by atoms with Crippen LogP contribution in [-0.4, -0.2) is 30.8 Å². The van der Waals surface area contributed by atoms with Crippen LogP contribution in [0.5, 0.6) is 0 Å². The molecule has 10 heteroatoms. The summed E-state index contributed by atoms with van der Waals surface area (Å²) >= 11 is 5.89. The number of furan rings is 1. The lowest BCUT2D eigenvalue weighted by Gasteiger charge is -2.06. The number of benzene rings is 1. The highest BCUT2D eigenvalue weighted by Gasteiger charge is 2.25. The van der Waals surface area contributed by atoms with Crippen LogP contribution in [-0.2, 0) is 13.1 Å². The van der Waals surface area contributed by atoms with E-state index in [-0.39, 0.29) is 35.0 Å². The summed E-state index contributed by atoms with van der Waals surface area (Å²) in [6.07, 6.45) is 2.08. The third-order valence-corrected chi connectivity index (χ3v) is 5.00. The highest BCUT2D eigenvalue weighted by molar-refractivity contribution is 6.30. The Bertz CT molecular complexity index is 1340. The maximum absolute atomic E-state index is 13.2. The van der Waals surface area contributed by atoms with Crippen LogP contribution in [0, 0.1) is 0 Å². The van der Waals surface area contributed by atoms with Crippen LogP contribution >= 0.6 is 11.6 Å². The van der Waals surface area contributed by atoms with Gasteiger partial charge in [-0.25, -0.2) is 14.8 Å². The van der Waals surface area contributed by atoms with E-state index >= 15 is 0 Å². The zero-order chi connectivity index (χ0) is 22.1. The van der Waals surface area contributed by atoms with Gasteiger partial charge in [0.15, 0.2) is 28.7 Å². The number of amides is 1. The first kappa shape index (κ1) is 20.5. The number of aromatic nitrogens is 4. The molecule has 158 valence electrons. The molecule has 0 saturated heterocycles. The SMILES string of the molecule is CCCn1c(=O)n(CC(=O)c2ccc(Cl)cc2)c2c(C(N)=O)nc(-c3ccco3)nc21. The molecule has 9 nitrogen and oxygen atoms in total. The maximum atomic E-state index is 13.2. The first-order valence-electron chi connectivity index (χ1n) is 9.54. The summed E-state index contributed by atoms with van der Waals surface area (Å²) in [5, 5.41) is 0.489. The first-order chi connectivity index (χ1) is 14.9. The van der Waals surface area contributed by atoms with Gasteiger partial charge in [-0.1, -0.05) is 18.5 Å². The van der Waals surface area contributed by atoms with Crippen molar-refractivity contribution in [3.8, 4) is 11.6 Å². The number of Topliss-reactive ketones (excluding diaryl/α,β-unsaturated/α-hetero) is 1. The number of fused-ring (bicyclic) bond motifs is 1. The van der Waals surface area contributed by atoms with E-state index in [2.05, 4.69) is 9.97 Å². The van der Waals surface area contributed by atoms with Gasteiger partial charge in [0, 0.05) is 17.1 Å². The second-order valence-electron chi connectivity index (χ2n) is 6.86. The largest absolute Gasteiger partial charge is 0.461 e. The summed E-state index contributed by atoms with van der Waals surface area (Å²) in [7, 11) is 0. The number of carbonyl (C=O) groups is 2. The Kier molecular flexibility index (Phi) is 5.43. The van der Waals surface area contributed by atoms with Gasteiger partial charge in [0.05, 0.1) is 12.8 Å². The third kappa shape index (κ3) is 3.75. The normalized spacial score (nSPS) is 11.2. The van der Waals surface area contributed by atoms with Crippen molar-refractivity contribution in [3.63, 3.8) is 0 Å². The zero-order valence-corrected chi connectivity index (χ0v) is 17.3. The highest BCUT2D eigenvalue weighted by Crippen LogP contribution is 2.22. The number of carbonyl (C=O) groups excluding carboxylic acids is 2. The summed E-state index contributed by atoms with van der Waals surface area (Å²) in [4.78, 5) is 46.9. The zero-order valence-electron chi connectivity index (χ0n) is 16.5. The average Bonchev–Trinajstić information content (AvgIpc) is 3.37. The number of aryl methyl sites for hydroxylation is 1. The van der Waals surface area contributed by atoms with E-state index in [9.17, 15) is 14.4 Å². The topological polar surface area (TPSA) is 126 Å². The maximum Gasteiger partial charge on any atom is 0.330 e. The molecule has 2 N–H and O–H groups in total. The van der Waals surface area contributed by atoms with Crippen LogP contribution in [0.4, 0.5) is 0 Å². The highest BCUT2D eigenvalue weighted by atomic mass is 35.5. The molecule has 0 aliphatic rings. The molecular weight excluding hydrogens is 422 g/mol. The second-order valence-corrected chi connectivity index (χ2v) is 7.30. The summed E-state index contributed by atoms with van der Waals surface area (Å²) < 4.78 is 7.93. The Hall–Kier alpha value is -3.72. The molecule has 31 heavy (non-hydrogen) atoms. The van der Waals surface area contributed by atoms with E-state index in [1.54, 1.807) is 36.4 Å². The molecular formula is C21H18ClN5O4. The van der Waals surface area contributed by atoms with E-state index in [0.29, 0.717) is 29.3 Å². The quantitative estimate of drug-likeness (QED) is 0.441. The molecule has 3 aromatic heterocycles. The minimum absolute atomic E-state index is 0.114. The Balaban J connectivity index is 1.93. The van der Waals surface area contributed by atoms with Gasteiger partial charge in [-0.05, 0) is 42.8 Å². The number of nitrogens with zero attached hydrogens (tertiary/aromatic N) is 4. The summed E-state index contributed by atoms with van der Waals surface area (Å²) in [5.41, 5.74) is 5.64. The summed E-state index contributed by atoms with van der Waals surface area (Å²) in [6.45, 7) is 1.93. The summed E-state index contributed by atoms with van der Waals surface area (Å²) in [5.74, 6) is -0.733. The van der Waals surface area contributed by atoms with Crippen LogP contribution in [0.15, 0.2) is 51.9 Å². The van der Waals surface area contributed by atoms with Crippen molar-refractivity contribution in [2.24, 2.45) is 5.73 Å². The number of imidazole rings is 1. The molecule has 0 radical (unpaired) electrons. The molecule has 0 atom stereocenters. The molecule has 0 aliphatic heterocycles. The van der Waals surface area contributed by atoms with Crippen molar-refractivity contribution in [2.45, 2.75) is 26.4 Å². The number of hydrogen-bond acceptors (Lipinski definition) is 6. The van der Waals surface area contributed by atoms with Gasteiger partial charge in [-0.15, -0.1) is 0 Å². The number of hydrogen-bond donors (Lipinski definition) is 1. The minimum Gasteiger partial charge on any atom is -0.461 e. The molecule has 0 saturated carbocycles. The lowest BCUT2D eigenvalue weighted by Crippen LogP contribution is -2.27. The number of ketones is 1. The van der Waals surface area contributed by atoms with Gasteiger partial charge in [0.25, 0.3) is 5.91 Å². The smallest absolute Gasteiger partial charge is 0.330 e. The molecule has 1 amide bonds. The van der Waals surface area contributed by atoms with Gasteiger partial charge in [-0.3, -0.25) is 18.7 Å². The van der Waals surface area contributed by atoms with Gasteiger partial charge >= 0.3 is 5.69 Å². The fraction of sp³-hybridized carbons (Fsp3) is 0.190. The van der Waals surface area contributed by atoms with Crippen LogP contribution in [0.25, 0.3) is 22.7 Å². The van der Waals surface area contributed by atoms with Gasteiger partial charge in [0.2, 0.25) is 0 Å². The Labute approximate surface area is 181 Å². The van der Waals surface area contributed by atoms with Crippen molar-refractivity contribution in [3.05, 3.63) is 69.4 Å². The predicted octanol–water partition coefficient (Wildman–Crippen LogP) is 2.90.